The van der Waals surface area contributed by atoms with E-state index in [0.29, 0.717) is 31.8 Å². The predicted molar refractivity (Wildman–Crippen MR) is 141 cm³/mol. The van der Waals surface area contributed by atoms with Crippen LogP contribution in [0.2, 0.25) is 0 Å². The molecule has 2 amide bonds. The zero-order chi connectivity index (χ0) is 26.8. The summed E-state index contributed by atoms with van der Waals surface area (Å²) in [7, 11) is 1.57. The van der Waals surface area contributed by atoms with Gasteiger partial charge in [0.15, 0.2) is 0 Å². The molecule has 0 spiro atoms. The fourth-order valence-corrected chi connectivity index (χ4v) is 3.98. The summed E-state index contributed by atoms with van der Waals surface area (Å²) in [6.45, 7) is 6.93. The Kier molecular flexibility index (Phi) is 9.74. The molecule has 0 fully saturated rings. The van der Waals surface area contributed by atoms with Gasteiger partial charge < -0.3 is 19.1 Å². The lowest BCUT2D eigenvalue weighted by atomic mass is 10.1. The number of nitro groups is 1. The van der Waals surface area contributed by atoms with Crippen LogP contribution >= 0.6 is 0 Å². The van der Waals surface area contributed by atoms with Crippen LogP contribution in [0.1, 0.15) is 27.2 Å². The van der Waals surface area contributed by atoms with Gasteiger partial charge in [0.05, 0.1) is 18.1 Å². The average molecular weight is 505 g/mol. The molecule has 1 aromatic heterocycles. The maximum absolute atomic E-state index is 13.4. The lowest BCUT2D eigenvalue weighted by molar-refractivity contribution is -0.385. The molecule has 9 nitrogen and oxygen atoms in total. The Morgan fingerprint density at radius 1 is 1.11 bits per heavy atom. The molecule has 0 saturated heterocycles. The highest BCUT2D eigenvalue weighted by Gasteiger charge is 2.24. The van der Waals surface area contributed by atoms with Crippen molar-refractivity contribution in [3.05, 3.63) is 112 Å². The summed E-state index contributed by atoms with van der Waals surface area (Å²) in [6.07, 6.45) is 3.50. The number of hydrogen-bond donors (Lipinski definition) is 0. The van der Waals surface area contributed by atoms with Crippen LogP contribution in [0.3, 0.4) is 0 Å². The molecule has 1 heterocycles. The number of amides is 2. The van der Waals surface area contributed by atoms with Crippen molar-refractivity contribution in [1.82, 2.24) is 14.4 Å². The zero-order valence-electron chi connectivity index (χ0n) is 21.2. The highest BCUT2D eigenvalue weighted by Crippen LogP contribution is 2.20. The Hall–Kier alpha value is -4.24. The van der Waals surface area contributed by atoms with Gasteiger partial charge >= 0.3 is 0 Å². The van der Waals surface area contributed by atoms with Crippen molar-refractivity contribution in [2.75, 3.05) is 33.4 Å². The number of rotatable bonds is 13. The molecule has 0 saturated carbocycles. The second-order valence-corrected chi connectivity index (χ2v) is 8.65. The molecule has 0 unspecified atom stereocenters. The number of ether oxygens (including phenoxy) is 1. The lowest BCUT2D eigenvalue weighted by Crippen LogP contribution is -2.44. The van der Waals surface area contributed by atoms with E-state index in [0.717, 1.165) is 11.3 Å². The van der Waals surface area contributed by atoms with E-state index in [1.165, 1.54) is 29.2 Å². The van der Waals surface area contributed by atoms with Gasteiger partial charge in [0.25, 0.3) is 11.6 Å². The Morgan fingerprint density at radius 3 is 2.54 bits per heavy atom. The van der Waals surface area contributed by atoms with Gasteiger partial charge in [0, 0.05) is 55.8 Å². The quantitative estimate of drug-likeness (QED) is 0.199. The van der Waals surface area contributed by atoms with Crippen molar-refractivity contribution in [2.45, 2.75) is 20.0 Å². The van der Waals surface area contributed by atoms with Crippen LogP contribution in [0.25, 0.3) is 0 Å². The van der Waals surface area contributed by atoms with Crippen molar-refractivity contribution >= 4 is 17.5 Å². The van der Waals surface area contributed by atoms with Gasteiger partial charge in [-0.15, -0.1) is 6.58 Å². The van der Waals surface area contributed by atoms with Crippen LogP contribution in [-0.2, 0) is 22.6 Å². The summed E-state index contributed by atoms with van der Waals surface area (Å²) in [4.78, 5) is 40.5. The summed E-state index contributed by atoms with van der Waals surface area (Å²) in [5.74, 6) is -0.739. The molecule has 0 N–H and O–H groups in total. The van der Waals surface area contributed by atoms with E-state index in [4.69, 9.17) is 4.74 Å². The third-order valence-corrected chi connectivity index (χ3v) is 6.01. The van der Waals surface area contributed by atoms with E-state index in [2.05, 4.69) is 11.1 Å². The van der Waals surface area contributed by atoms with Gasteiger partial charge in [-0.1, -0.05) is 42.5 Å². The second kappa shape index (κ2) is 13.2. The van der Waals surface area contributed by atoms with Gasteiger partial charge in [0.2, 0.25) is 5.91 Å². The molecule has 0 radical (unpaired) electrons. The Balaban J connectivity index is 1.78. The summed E-state index contributed by atoms with van der Waals surface area (Å²) < 4.78 is 7.31. The monoisotopic (exact) mass is 504 g/mol. The van der Waals surface area contributed by atoms with Crippen molar-refractivity contribution in [3.8, 4) is 0 Å². The van der Waals surface area contributed by atoms with Crippen molar-refractivity contribution in [3.63, 3.8) is 0 Å². The van der Waals surface area contributed by atoms with Crippen LogP contribution in [0.15, 0.2) is 79.5 Å². The molecule has 0 bridgehead atoms. The van der Waals surface area contributed by atoms with Crippen LogP contribution in [-0.4, -0.2) is 64.5 Å². The minimum absolute atomic E-state index is 0.120. The Morgan fingerprint density at radius 2 is 1.86 bits per heavy atom. The molecule has 0 aliphatic rings. The molecule has 0 atom stereocenters. The molecule has 3 rings (SSSR count). The first-order valence-corrected chi connectivity index (χ1v) is 11.9. The first-order valence-electron chi connectivity index (χ1n) is 11.9. The van der Waals surface area contributed by atoms with Gasteiger partial charge in [0.1, 0.15) is 6.54 Å². The SMILES string of the molecule is C=CCN(CC(=O)N(CCOC)Cc1cccn1Cc1ccccc1)C(=O)c1ccc(C)c([N+](=O)[O-])c1. The van der Waals surface area contributed by atoms with Crippen molar-refractivity contribution in [2.24, 2.45) is 0 Å². The van der Waals surface area contributed by atoms with Gasteiger partial charge in [-0.3, -0.25) is 19.7 Å². The third-order valence-electron chi connectivity index (χ3n) is 6.01. The molecule has 3 aromatic rings. The molecular formula is C28H32N4O5. The fourth-order valence-electron chi connectivity index (χ4n) is 3.98. The molecule has 0 aliphatic carbocycles. The lowest BCUT2D eigenvalue weighted by Gasteiger charge is -2.27. The minimum Gasteiger partial charge on any atom is -0.383 e. The van der Waals surface area contributed by atoms with E-state index in [9.17, 15) is 19.7 Å². The molecule has 9 heteroatoms. The fraction of sp³-hybridized carbons (Fsp3) is 0.286. The van der Waals surface area contributed by atoms with Crippen molar-refractivity contribution in [1.29, 1.82) is 0 Å². The number of carbonyl (C=O) groups excluding carboxylic acids is 2. The average Bonchev–Trinajstić information content (AvgIpc) is 3.32. The summed E-state index contributed by atoms with van der Waals surface area (Å²) in [5.41, 5.74) is 2.55. The smallest absolute Gasteiger partial charge is 0.273 e. The molecule has 194 valence electrons. The first-order chi connectivity index (χ1) is 17.8. The molecular weight excluding hydrogens is 472 g/mol. The Bertz CT molecular complexity index is 1240. The highest BCUT2D eigenvalue weighted by atomic mass is 16.6. The number of aromatic nitrogens is 1. The minimum atomic E-state index is -0.522. The van der Waals surface area contributed by atoms with Gasteiger partial charge in [-0.25, -0.2) is 0 Å². The maximum Gasteiger partial charge on any atom is 0.273 e. The maximum atomic E-state index is 13.4. The van der Waals surface area contributed by atoms with Crippen molar-refractivity contribution < 1.29 is 19.2 Å². The molecule has 0 aliphatic heterocycles. The van der Waals surface area contributed by atoms with E-state index in [1.807, 2.05) is 48.7 Å². The van der Waals surface area contributed by atoms with E-state index in [1.54, 1.807) is 18.9 Å². The van der Waals surface area contributed by atoms with Crippen LogP contribution in [0.4, 0.5) is 5.69 Å². The summed E-state index contributed by atoms with van der Waals surface area (Å²) >= 11 is 0. The van der Waals surface area contributed by atoms with Crippen LogP contribution in [0, 0.1) is 17.0 Å². The largest absolute Gasteiger partial charge is 0.383 e. The zero-order valence-corrected chi connectivity index (χ0v) is 21.2. The van der Waals surface area contributed by atoms with Crippen LogP contribution < -0.4 is 0 Å². The number of nitro benzene ring substituents is 1. The van der Waals surface area contributed by atoms with E-state index < -0.39 is 10.8 Å². The second-order valence-electron chi connectivity index (χ2n) is 8.65. The summed E-state index contributed by atoms with van der Waals surface area (Å²) in [5, 5.41) is 11.3. The first kappa shape index (κ1) is 27.3. The van der Waals surface area contributed by atoms with Gasteiger partial charge in [-0.05, 0) is 30.7 Å². The number of hydrogen-bond acceptors (Lipinski definition) is 5. The number of carbonyl (C=O) groups is 2. The normalized spacial score (nSPS) is 10.6. The third kappa shape index (κ3) is 7.37. The van der Waals surface area contributed by atoms with Gasteiger partial charge in [-0.2, -0.15) is 0 Å². The number of benzene rings is 2. The number of nitrogens with zero attached hydrogens (tertiary/aromatic N) is 4. The number of aryl methyl sites for hydroxylation is 1. The standard InChI is InChI=1S/C28H32N4O5/c1-4-14-31(28(34)24-13-12-22(2)26(18-24)32(35)36)21-27(33)30(16-17-37-3)20-25-11-8-15-29(25)19-23-9-6-5-7-10-23/h4-13,15,18H,1,14,16-17,19-21H2,2-3H3. The van der Waals surface area contributed by atoms with E-state index >= 15 is 0 Å². The molecule has 37 heavy (non-hydrogen) atoms. The van der Waals surface area contributed by atoms with Crippen LogP contribution in [0.5, 0.6) is 0 Å². The Labute approximate surface area is 216 Å². The van der Waals surface area contributed by atoms with E-state index in [-0.39, 0.29) is 30.2 Å². The number of methoxy groups -OCH3 is 1. The molecule has 2 aromatic carbocycles. The topological polar surface area (TPSA) is 97.9 Å². The predicted octanol–water partition coefficient (Wildman–Crippen LogP) is 4.06. The summed E-state index contributed by atoms with van der Waals surface area (Å²) in [6, 6.07) is 18.3. The highest BCUT2D eigenvalue weighted by molar-refractivity contribution is 5.97.